The molecule has 0 spiro atoms. The van der Waals surface area contributed by atoms with Gasteiger partial charge in [0.05, 0.1) is 18.1 Å². The van der Waals surface area contributed by atoms with Crippen LogP contribution in [0.2, 0.25) is 0 Å². The van der Waals surface area contributed by atoms with Crippen LogP contribution in [0.25, 0.3) is 0 Å². The summed E-state index contributed by atoms with van der Waals surface area (Å²) in [5.41, 5.74) is 1.18. The maximum atomic E-state index is 4.08. The first kappa shape index (κ1) is 8.17. The fraction of sp³-hybridized carbons (Fsp3) is 0.600. The molecule has 4 heteroatoms. The maximum Gasteiger partial charge on any atom is 0.115 e. The van der Waals surface area contributed by atoms with Crippen LogP contribution in [0, 0.1) is 0 Å². The molecule has 2 aliphatic heterocycles. The Balaban J connectivity index is 1.85. The quantitative estimate of drug-likeness (QED) is 0.640. The second-order valence-corrected chi connectivity index (χ2v) is 4.03. The fourth-order valence-electron chi connectivity index (χ4n) is 2.48. The highest BCUT2D eigenvalue weighted by Crippen LogP contribution is 2.25. The van der Waals surface area contributed by atoms with E-state index in [0.29, 0.717) is 6.04 Å². The average Bonchev–Trinajstić information content (AvgIpc) is 2.62. The second-order valence-electron chi connectivity index (χ2n) is 4.03. The highest BCUT2D eigenvalue weighted by atomic mass is 15.3. The van der Waals surface area contributed by atoms with Crippen LogP contribution in [0.4, 0.5) is 5.69 Å². The van der Waals surface area contributed by atoms with Crippen LogP contribution >= 0.6 is 0 Å². The predicted octanol–water partition coefficient (Wildman–Crippen LogP) is 0.371. The van der Waals surface area contributed by atoms with Gasteiger partial charge in [0.1, 0.15) is 6.33 Å². The van der Waals surface area contributed by atoms with E-state index < -0.39 is 0 Å². The summed E-state index contributed by atoms with van der Waals surface area (Å²) in [5.74, 6) is 0. The zero-order valence-electron chi connectivity index (χ0n) is 8.13. The first-order chi connectivity index (χ1) is 6.93. The Kier molecular flexibility index (Phi) is 1.87. The van der Waals surface area contributed by atoms with E-state index in [1.807, 2.05) is 12.4 Å². The lowest BCUT2D eigenvalue weighted by Crippen LogP contribution is -2.46. The minimum absolute atomic E-state index is 0.690. The number of nitrogens with zero attached hydrogens (tertiary/aromatic N) is 4. The number of piperazine rings is 1. The normalized spacial score (nSPS) is 30.7. The number of hydrogen-bond donors (Lipinski definition) is 0. The third-order valence-electron chi connectivity index (χ3n) is 3.22. The van der Waals surface area contributed by atoms with E-state index in [0.717, 1.165) is 6.54 Å². The monoisotopic (exact) mass is 190 g/mol. The number of anilines is 1. The van der Waals surface area contributed by atoms with E-state index in [4.69, 9.17) is 0 Å². The summed E-state index contributed by atoms with van der Waals surface area (Å²) in [6.45, 7) is 4.78. The molecule has 2 fully saturated rings. The van der Waals surface area contributed by atoms with Crippen LogP contribution in [0.3, 0.4) is 0 Å². The lowest BCUT2D eigenvalue weighted by Gasteiger charge is -2.35. The van der Waals surface area contributed by atoms with Crippen molar-refractivity contribution in [3.05, 3.63) is 18.7 Å². The summed E-state index contributed by atoms with van der Waals surface area (Å²) in [5, 5.41) is 0. The summed E-state index contributed by atoms with van der Waals surface area (Å²) in [6, 6.07) is 0.690. The van der Waals surface area contributed by atoms with E-state index in [9.17, 15) is 0 Å². The van der Waals surface area contributed by atoms with Crippen molar-refractivity contribution >= 4 is 5.69 Å². The molecule has 2 atom stereocenters. The van der Waals surface area contributed by atoms with Crippen molar-refractivity contribution in [1.82, 2.24) is 14.9 Å². The summed E-state index contributed by atoms with van der Waals surface area (Å²) in [4.78, 5) is 13.1. The van der Waals surface area contributed by atoms with E-state index in [-0.39, 0.29) is 0 Å². The van der Waals surface area contributed by atoms with Gasteiger partial charge >= 0.3 is 0 Å². The summed E-state index contributed by atoms with van der Waals surface area (Å²) in [7, 11) is 0. The lowest BCUT2D eigenvalue weighted by molar-refractivity contribution is 0.310. The largest absolute Gasteiger partial charge is 0.363 e. The molecule has 1 aromatic rings. The minimum atomic E-state index is 0.690. The molecule has 4 nitrogen and oxygen atoms in total. The molecular formula is C10H14N4. The molecule has 1 aromatic heterocycles. The van der Waals surface area contributed by atoms with Gasteiger partial charge in [0.15, 0.2) is 0 Å². The van der Waals surface area contributed by atoms with Crippen LogP contribution in [-0.2, 0) is 0 Å². The van der Waals surface area contributed by atoms with Crippen molar-refractivity contribution in [2.45, 2.75) is 12.5 Å². The Morgan fingerprint density at radius 3 is 2.86 bits per heavy atom. The van der Waals surface area contributed by atoms with Crippen molar-refractivity contribution in [1.29, 1.82) is 0 Å². The van der Waals surface area contributed by atoms with E-state index >= 15 is 0 Å². The van der Waals surface area contributed by atoms with Crippen molar-refractivity contribution < 1.29 is 0 Å². The van der Waals surface area contributed by atoms with Crippen molar-refractivity contribution in [3.63, 3.8) is 0 Å². The number of hydrogen-bond acceptors (Lipinski definition) is 4. The van der Waals surface area contributed by atoms with E-state index in [1.54, 1.807) is 6.33 Å². The Labute approximate surface area is 83.6 Å². The Morgan fingerprint density at radius 1 is 1.14 bits per heavy atom. The van der Waals surface area contributed by atoms with E-state index in [1.165, 1.54) is 31.7 Å². The average molecular weight is 190 g/mol. The maximum absolute atomic E-state index is 4.08. The molecule has 74 valence electrons. The fourth-order valence-corrected chi connectivity index (χ4v) is 2.48. The molecule has 2 bridgehead atoms. The van der Waals surface area contributed by atoms with Crippen LogP contribution < -0.4 is 4.90 Å². The smallest absolute Gasteiger partial charge is 0.115 e. The van der Waals surface area contributed by atoms with E-state index in [2.05, 4.69) is 19.8 Å². The molecular weight excluding hydrogens is 176 g/mol. The topological polar surface area (TPSA) is 32.3 Å². The third kappa shape index (κ3) is 1.26. The van der Waals surface area contributed by atoms with Crippen LogP contribution in [0.1, 0.15) is 6.42 Å². The Morgan fingerprint density at radius 2 is 2.00 bits per heavy atom. The van der Waals surface area contributed by atoms with Gasteiger partial charge in [-0.25, -0.2) is 9.97 Å². The molecule has 2 unspecified atom stereocenters. The SMILES string of the molecule is c1ncc(N2CCN3CCC2C3)cn1. The number of fused-ring (bicyclic) bond motifs is 2. The molecule has 3 heterocycles. The third-order valence-corrected chi connectivity index (χ3v) is 3.22. The zero-order chi connectivity index (χ0) is 9.38. The van der Waals surface area contributed by atoms with Crippen LogP contribution in [-0.4, -0.2) is 47.1 Å². The van der Waals surface area contributed by atoms with Gasteiger partial charge in [0.2, 0.25) is 0 Å². The van der Waals surface area contributed by atoms with Gasteiger partial charge in [0, 0.05) is 32.2 Å². The lowest BCUT2D eigenvalue weighted by atomic mass is 10.2. The Hall–Kier alpha value is -1.16. The molecule has 0 radical (unpaired) electrons. The first-order valence-electron chi connectivity index (χ1n) is 5.17. The summed E-state index contributed by atoms with van der Waals surface area (Å²) in [6.07, 6.45) is 6.71. The summed E-state index contributed by atoms with van der Waals surface area (Å²) < 4.78 is 0. The second kappa shape index (κ2) is 3.20. The molecule has 0 amide bonds. The minimum Gasteiger partial charge on any atom is -0.363 e. The first-order valence-corrected chi connectivity index (χ1v) is 5.17. The molecule has 2 saturated heterocycles. The molecule has 3 rings (SSSR count). The van der Waals surface area contributed by atoms with Gasteiger partial charge in [-0.1, -0.05) is 0 Å². The van der Waals surface area contributed by atoms with Crippen LogP contribution in [0.15, 0.2) is 18.7 Å². The molecule has 2 aliphatic rings. The van der Waals surface area contributed by atoms with Gasteiger partial charge in [-0.2, -0.15) is 0 Å². The van der Waals surface area contributed by atoms with Crippen LogP contribution in [0.5, 0.6) is 0 Å². The predicted molar refractivity (Wildman–Crippen MR) is 54.2 cm³/mol. The van der Waals surface area contributed by atoms with Gasteiger partial charge < -0.3 is 4.90 Å². The highest BCUT2D eigenvalue weighted by molar-refractivity contribution is 5.44. The summed E-state index contributed by atoms with van der Waals surface area (Å²) >= 11 is 0. The van der Waals surface area contributed by atoms with Gasteiger partial charge in [-0.3, -0.25) is 4.90 Å². The zero-order valence-corrected chi connectivity index (χ0v) is 8.13. The highest BCUT2D eigenvalue weighted by Gasteiger charge is 2.32. The number of aromatic nitrogens is 2. The molecule has 0 N–H and O–H groups in total. The van der Waals surface area contributed by atoms with Gasteiger partial charge in [-0.05, 0) is 6.42 Å². The molecule has 0 aromatic carbocycles. The Bertz CT molecular complexity index is 313. The molecule has 0 saturated carbocycles. The molecule has 14 heavy (non-hydrogen) atoms. The van der Waals surface area contributed by atoms with Crippen molar-refractivity contribution in [2.75, 3.05) is 31.1 Å². The number of rotatable bonds is 1. The van der Waals surface area contributed by atoms with Gasteiger partial charge in [0.25, 0.3) is 0 Å². The van der Waals surface area contributed by atoms with Crippen molar-refractivity contribution in [2.24, 2.45) is 0 Å². The molecule has 0 aliphatic carbocycles. The standard InChI is InChI=1S/C10H14N4/c1-2-13-3-4-14(9(1)7-13)10-5-11-8-12-6-10/h5-6,8-9H,1-4,7H2. The van der Waals surface area contributed by atoms with Gasteiger partial charge in [-0.15, -0.1) is 0 Å². The van der Waals surface area contributed by atoms with Crippen molar-refractivity contribution in [3.8, 4) is 0 Å².